The molecular weight excluding hydrogens is 254 g/mol. The van der Waals surface area contributed by atoms with Gasteiger partial charge in [-0.15, -0.1) is 0 Å². The van der Waals surface area contributed by atoms with Gasteiger partial charge in [0.25, 0.3) is 0 Å². The second kappa shape index (κ2) is 7.64. The Labute approximate surface area is 110 Å². The molecule has 5 heteroatoms. The van der Waals surface area contributed by atoms with Crippen LogP contribution in [0.3, 0.4) is 0 Å². The van der Waals surface area contributed by atoms with E-state index in [4.69, 9.17) is 0 Å². The molecule has 1 rings (SSSR count). The van der Waals surface area contributed by atoms with Gasteiger partial charge >= 0.3 is 0 Å². The molecule has 0 aromatic carbocycles. The summed E-state index contributed by atoms with van der Waals surface area (Å²) in [6, 6.07) is 0.689. The molecule has 102 valence electrons. The normalized spacial score (nSPS) is 26.0. The summed E-state index contributed by atoms with van der Waals surface area (Å²) >= 11 is 1.73. The first kappa shape index (κ1) is 15.3. The van der Waals surface area contributed by atoms with Crippen molar-refractivity contribution in [2.75, 3.05) is 30.1 Å². The van der Waals surface area contributed by atoms with Gasteiger partial charge in [0.2, 0.25) is 0 Å². The third kappa shape index (κ3) is 8.06. The van der Waals surface area contributed by atoms with Crippen LogP contribution in [0.4, 0.5) is 0 Å². The van der Waals surface area contributed by atoms with Crippen LogP contribution in [0.15, 0.2) is 0 Å². The molecule has 1 aliphatic rings. The minimum Gasteiger partial charge on any atom is -0.313 e. The summed E-state index contributed by atoms with van der Waals surface area (Å²) in [5.74, 6) is 2.90. The second-order valence-corrected chi connectivity index (χ2v) is 8.65. The van der Waals surface area contributed by atoms with Gasteiger partial charge in [-0.1, -0.05) is 19.8 Å². The Balaban J connectivity index is 1.97. The Kier molecular flexibility index (Phi) is 6.89. The van der Waals surface area contributed by atoms with Gasteiger partial charge in [-0.05, 0) is 18.8 Å². The highest BCUT2D eigenvalue weighted by molar-refractivity contribution is 8.00. The van der Waals surface area contributed by atoms with E-state index in [2.05, 4.69) is 12.2 Å². The molecule has 17 heavy (non-hydrogen) atoms. The third-order valence-electron chi connectivity index (χ3n) is 3.21. The lowest BCUT2D eigenvalue weighted by molar-refractivity contribution is 0.306. The fraction of sp³-hybridized carbons (Fsp3) is 1.00. The zero-order valence-electron chi connectivity index (χ0n) is 10.9. The van der Waals surface area contributed by atoms with Crippen molar-refractivity contribution in [2.45, 2.75) is 38.6 Å². The molecule has 2 unspecified atom stereocenters. The van der Waals surface area contributed by atoms with Crippen molar-refractivity contribution in [1.29, 1.82) is 0 Å². The molecule has 3 nitrogen and oxygen atoms in total. The largest absolute Gasteiger partial charge is 0.313 e. The molecule has 0 bridgehead atoms. The summed E-state index contributed by atoms with van der Waals surface area (Å²) in [6.07, 6.45) is 6.63. The minimum atomic E-state index is -2.78. The number of sulfone groups is 1. The first-order valence-electron chi connectivity index (χ1n) is 6.46. The molecule has 1 saturated carbocycles. The van der Waals surface area contributed by atoms with Crippen LogP contribution in [0.2, 0.25) is 0 Å². The number of hydrogen-bond donors (Lipinski definition) is 1. The number of hydrogen-bond acceptors (Lipinski definition) is 4. The fourth-order valence-electron chi connectivity index (χ4n) is 2.27. The van der Waals surface area contributed by atoms with Crippen molar-refractivity contribution in [3.63, 3.8) is 0 Å². The minimum absolute atomic E-state index is 0.304. The maximum Gasteiger partial charge on any atom is 0.148 e. The van der Waals surface area contributed by atoms with Gasteiger partial charge < -0.3 is 5.32 Å². The Hall–Kier alpha value is 0.260. The van der Waals surface area contributed by atoms with E-state index < -0.39 is 9.84 Å². The van der Waals surface area contributed by atoms with E-state index in [9.17, 15) is 8.42 Å². The van der Waals surface area contributed by atoms with E-state index in [0.717, 1.165) is 24.0 Å². The molecule has 2 atom stereocenters. The fourth-order valence-corrected chi connectivity index (χ4v) is 4.42. The molecule has 1 N–H and O–H groups in total. The van der Waals surface area contributed by atoms with E-state index in [1.54, 1.807) is 11.8 Å². The molecular formula is C12H25NO2S2. The summed E-state index contributed by atoms with van der Waals surface area (Å²) in [6.45, 7) is 3.33. The molecule has 0 amide bonds. The molecule has 0 aliphatic heterocycles. The molecule has 0 heterocycles. The van der Waals surface area contributed by atoms with Crippen LogP contribution in [0.25, 0.3) is 0 Å². The molecule has 0 aromatic heterocycles. The maximum absolute atomic E-state index is 10.9. The van der Waals surface area contributed by atoms with E-state index in [1.807, 2.05) is 0 Å². The quantitative estimate of drug-likeness (QED) is 0.723. The van der Waals surface area contributed by atoms with E-state index >= 15 is 0 Å². The standard InChI is InChI=1S/C12H25NO2S2/c1-11-4-3-5-12(10-11)13-6-7-16-8-9-17(2,14)15/h11-13H,3-10H2,1-2H3. The third-order valence-corrected chi connectivity index (χ3v) is 5.40. The summed E-state index contributed by atoms with van der Waals surface area (Å²) in [5.41, 5.74) is 0. The van der Waals surface area contributed by atoms with E-state index in [1.165, 1.54) is 31.9 Å². The van der Waals surface area contributed by atoms with E-state index in [0.29, 0.717) is 11.8 Å². The predicted molar refractivity (Wildman–Crippen MR) is 76.5 cm³/mol. The Morgan fingerprint density at radius 3 is 2.71 bits per heavy atom. The molecule has 0 spiro atoms. The molecule has 1 fully saturated rings. The highest BCUT2D eigenvalue weighted by Crippen LogP contribution is 2.23. The van der Waals surface area contributed by atoms with Gasteiger partial charge in [-0.25, -0.2) is 8.42 Å². The summed E-state index contributed by atoms with van der Waals surface area (Å²) in [7, 11) is -2.78. The predicted octanol–water partition coefficient (Wildman–Crippen LogP) is 1.93. The monoisotopic (exact) mass is 279 g/mol. The van der Waals surface area contributed by atoms with Crippen molar-refractivity contribution in [3.05, 3.63) is 0 Å². The lowest BCUT2D eigenvalue weighted by Gasteiger charge is -2.27. The first-order valence-corrected chi connectivity index (χ1v) is 9.68. The van der Waals surface area contributed by atoms with Gasteiger partial charge in [0.1, 0.15) is 9.84 Å². The van der Waals surface area contributed by atoms with Crippen LogP contribution in [-0.4, -0.2) is 44.5 Å². The Morgan fingerprint density at radius 1 is 1.29 bits per heavy atom. The topological polar surface area (TPSA) is 46.2 Å². The Bertz CT molecular complexity index is 304. The SMILES string of the molecule is CC1CCCC(NCCSCCS(C)(=O)=O)C1. The molecule has 0 saturated heterocycles. The number of nitrogens with one attached hydrogen (secondary N) is 1. The Morgan fingerprint density at radius 2 is 2.06 bits per heavy atom. The van der Waals surface area contributed by atoms with Gasteiger partial charge in [0, 0.05) is 30.3 Å². The van der Waals surface area contributed by atoms with Gasteiger partial charge in [-0.2, -0.15) is 11.8 Å². The zero-order valence-corrected chi connectivity index (χ0v) is 12.6. The van der Waals surface area contributed by atoms with Crippen LogP contribution >= 0.6 is 11.8 Å². The molecule has 0 radical (unpaired) electrons. The number of thioether (sulfide) groups is 1. The highest BCUT2D eigenvalue weighted by Gasteiger charge is 2.17. The van der Waals surface area contributed by atoms with Crippen LogP contribution in [0.5, 0.6) is 0 Å². The summed E-state index contributed by atoms with van der Waals surface area (Å²) in [5, 5.41) is 3.58. The van der Waals surface area contributed by atoms with Gasteiger partial charge in [-0.3, -0.25) is 0 Å². The lowest BCUT2D eigenvalue weighted by atomic mass is 9.87. The maximum atomic E-state index is 10.9. The highest BCUT2D eigenvalue weighted by atomic mass is 32.2. The smallest absolute Gasteiger partial charge is 0.148 e. The average Bonchev–Trinajstić information content (AvgIpc) is 2.22. The second-order valence-electron chi connectivity index (χ2n) is 5.17. The van der Waals surface area contributed by atoms with Crippen LogP contribution in [0, 0.1) is 5.92 Å². The first-order chi connectivity index (χ1) is 7.97. The molecule has 0 aromatic rings. The van der Waals surface area contributed by atoms with Crippen molar-refractivity contribution in [1.82, 2.24) is 5.32 Å². The summed E-state index contributed by atoms with van der Waals surface area (Å²) < 4.78 is 21.8. The lowest BCUT2D eigenvalue weighted by Crippen LogP contribution is -2.34. The summed E-state index contributed by atoms with van der Waals surface area (Å²) in [4.78, 5) is 0. The van der Waals surface area contributed by atoms with Crippen LogP contribution < -0.4 is 5.32 Å². The zero-order chi connectivity index (χ0) is 12.7. The van der Waals surface area contributed by atoms with Crippen molar-refractivity contribution >= 4 is 21.6 Å². The van der Waals surface area contributed by atoms with Crippen LogP contribution in [-0.2, 0) is 9.84 Å². The van der Waals surface area contributed by atoms with Crippen LogP contribution in [0.1, 0.15) is 32.6 Å². The van der Waals surface area contributed by atoms with Crippen molar-refractivity contribution in [3.8, 4) is 0 Å². The van der Waals surface area contributed by atoms with Crippen molar-refractivity contribution < 1.29 is 8.42 Å². The molecule has 1 aliphatic carbocycles. The van der Waals surface area contributed by atoms with Gasteiger partial charge in [0.05, 0.1) is 5.75 Å². The average molecular weight is 279 g/mol. The van der Waals surface area contributed by atoms with E-state index in [-0.39, 0.29) is 0 Å². The van der Waals surface area contributed by atoms with Crippen molar-refractivity contribution in [2.24, 2.45) is 5.92 Å². The number of rotatable bonds is 7. The van der Waals surface area contributed by atoms with Gasteiger partial charge in [0.15, 0.2) is 0 Å².